The van der Waals surface area contributed by atoms with Crippen molar-refractivity contribution in [3.63, 3.8) is 0 Å². The summed E-state index contributed by atoms with van der Waals surface area (Å²) in [6, 6.07) is 17.5. The number of guanidine groups is 1. The Morgan fingerprint density at radius 2 is 1.79 bits per heavy atom. The van der Waals surface area contributed by atoms with E-state index in [0.29, 0.717) is 5.92 Å². The summed E-state index contributed by atoms with van der Waals surface area (Å²) in [6.07, 6.45) is 2.28. The molecular weight excluding hydrogens is 409 g/mol. The lowest BCUT2D eigenvalue weighted by Gasteiger charge is -2.34. The third kappa shape index (κ3) is 3.29. The van der Waals surface area contributed by atoms with Crippen LogP contribution in [0.1, 0.15) is 28.2 Å². The van der Waals surface area contributed by atoms with Crippen molar-refractivity contribution in [1.82, 2.24) is 10.2 Å². The fraction of sp³-hybridized carbons (Fsp3) is 0.350. The van der Waals surface area contributed by atoms with Gasteiger partial charge in [-0.2, -0.15) is 0 Å². The SMILES string of the molecule is CN=C(NCC1Cc2ccccc21)N1CCc2ccccc2C1.I. The molecule has 1 aliphatic carbocycles. The number of halogens is 1. The maximum atomic E-state index is 4.50. The Bertz CT molecular complexity index is 741. The van der Waals surface area contributed by atoms with Gasteiger partial charge in [-0.05, 0) is 35.1 Å². The van der Waals surface area contributed by atoms with Crippen LogP contribution < -0.4 is 5.32 Å². The van der Waals surface area contributed by atoms with Gasteiger partial charge in [0.15, 0.2) is 5.96 Å². The molecule has 1 heterocycles. The quantitative estimate of drug-likeness (QED) is 0.446. The number of fused-ring (bicyclic) bond motifs is 2. The van der Waals surface area contributed by atoms with Crippen molar-refractivity contribution in [1.29, 1.82) is 0 Å². The molecule has 24 heavy (non-hydrogen) atoms. The summed E-state index contributed by atoms with van der Waals surface area (Å²) in [6.45, 7) is 2.97. The number of benzene rings is 2. The van der Waals surface area contributed by atoms with Gasteiger partial charge in [0.25, 0.3) is 0 Å². The van der Waals surface area contributed by atoms with Crippen LogP contribution in [0.4, 0.5) is 0 Å². The van der Waals surface area contributed by atoms with Crippen LogP contribution in [-0.4, -0.2) is 31.0 Å². The number of aliphatic imine (C=N–C) groups is 1. The molecule has 0 aromatic heterocycles. The second-order valence-electron chi connectivity index (χ2n) is 6.47. The van der Waals surface area contributed by atoms with Crippen LogP contribution in [0.25, 0.3) is 0 Å². The molecule has 0 spiro atoms. The second kappa shape index (κ2) is 7.55. The lowest BCUT2D eigenvalue weighted by molar-refractivity contribution is 0.376. The highest BCUT2D eigenvalue weighted by Crippen LogP contribution is 2.34. The maximum Gasteiger partial charge on any atom is 0.193 e. The summed E-state index contributed by atoms with van der Waals surface area (Å²) in [5, 5.41) is 3.59. The first kappa shape index (κ1) is 17.3. The van der Waals surface area contributed by atoms with Crippen molar-refractivity contribution >= 4 is 29.9 Å². The maximum absolute atomic E-state index is 4.50. The van der Waals surface area contributed by atoms with Crippen molar-refractivity contribution in [3.05, 3.63) is 70.8 Å². The molecule has 1 aliphatic heterocycles. The van der Waals surface area contributed by atoms with E-state index in [9.17, 15) is 0 Å². The third-order valence-electron chi connectivity index (χ3n) is 5.11. The minimum absolute atomic E-state index is 0. The predicted molar refractivity (Wildman–Crippen MR) is 110 cm³/mol. The average molecular weight is 433 g/mol. The summed E-state index contributed by atoms with van der Waals surface area (Å²) < 4.78 is 0. The number of nitrogens with one attached hydrogen (secondary N) is 1. The Morgan fingerprint density at radius 1 is 1.08 bits per heavy atom. The van der Waals surface area contributed by atoms with Gasteiger partial charge in [-0.3, -0.25) is 4.99 Å². The molecule has 4 rings (SSSR count). The molecule has 0 fully saturated rings. The molecule has 1 N–H and O–H groups in total. The van der Waals surface area contributed by atoms with Crippen LogP contribution >= 0.6 is 24.0 Å². The van der Waals surface area contributed by atoms with Crippen LogP contribution in [0.2, 0.25) is 0 Å². The molecule has 0 bridgehead atoms. The normalized spacial score (nSPS) is 18.8. The first-order chi connectivity index (χ1) is 11.3. The largest absolute Gasteiger partial charge is 0.356 e. The van der Waals surface area contributed by atoms with E-state index in [1.165, 1.54) is 28.7 Å². The van der Waals surface area contributed by atoms with Gasteiger partial charge in [-0.1, -0.05) is 48.5 Å². The van der Waals surface area contributed by atoms with E-state index in [1.807, 2.05) is 7.05 Å². The van der Waals surface area contributed by atoms with Crippen LogP contribution in [0.15, 0.2) is 53.5 Å². The fourth-order valence-corrected chi connectivity index (χ4v) is 3.77. The highest BCUT2D eigenvalue weighted by atomic mass is 127. The van der Waals surface area contributed by atoms with Gasteiger partial charge in [-0.15, -0.1) is 24.0 Å². The standard InChI is InChI=1S/C20H23N3.HI/c1-21-20(22-13-18-12-16-7-4-5-9-19(16)18)23-11-10-15-6-2-3-8-17(15)14-23;/h2-9,18H,10-14H2,1H3,(H,21,22);1H. The molecule has 1 unspecified atom stereocenters. The molecule has 0 radical (unpaired) electrons. The van der Waals surface area contributed by atoms with Crippen LogP contribution in [0.5, 0.6) is 0 Å². The van der Waals surface area contributed by atoms with Gasteiger partial charge in [0.05, 0.1) is 0 Å². The molecule has 126 valence electrons. The molecule has 2 aliphatic rings. The summed E-state index contributed by atoms with van der Waals surface area (Å²) >= 11 is 0. The van der Waals surface area contributed by atoms with E-state index < -0.39 is 0 Å². The number of hydrogen-bond donors (Lipinski definition) is 1. The molecule has 2 aromatic carbocycles. The van der Waals surface area contributed by atoms with E-state index in [-0.39, 0.29) is 24.0 Å². The molecule has 0 amide bonds. The molecule has 2 aromatic rings. The van der Waals surface area contributed by atoms with Crippen molar-refractivity contribution < 1.29 is 0 Å². The van der Waals surface area contributed by atoms with Crippen LogP contribution in [0.3, 0.4) is 0 Å². The summed E-state index contributed by atoms with van der Waals surface area (Å²) in [5.74, 6) is 1.66. The Morgan fingerprint density at radius 3 is 2.54 bits per heavy atom. The van der Waals surface area contributed by atoms with E-state index in [1.54, 1.807) is 0 Å². The summed E-state index contributed by atoms with van der Waals surface area (Å²) in [5.41, 5.74) is 5.91. The highest BCUT2D eigenvalue weighted by Gasteiger charge is 2.26. The lowest BCUT2D eigenvalue weighted by Crippen LogP contribution is -2.46. The van der Waals surface area contributed by atoms with Crippen LogP contribution in [-0.2, 0) is 19.4 Å². The highest BCUT2D eigenvalue weighted by molar-refractivity contribution is 14.0. The Hall–Kier alpha value is -1.56. The van der Waals surface area contributed by atoms with Gasteiger partial charge >= 0.3 is 0 Å². The predicted octanol–water partition coefficient (Wildman–Crippen LogP) is 3.58. The fourth-order valence-electron chi connectivity index (χ4n) is 3.77. The number of hydrogen-bond acceptors (Lipinski definition) is 1. The van der Waals surface area contributed by atoms with Crippen molar-refractivity contribution in [2.24, 2.45) is 4.99 Å². The molecular formula is C20H24IN3. The van der Waals surface area contributed by atoms with Gasteiger partial charge < -0.3 is 10.2 Å². The van der Waals surface area contributed by atoms with E-state index in [2.05, 4.69) is 63.7 Å². The molecule has 1 atom stereocenters. The van der Waals surface area contributed by atoms with Crippen molar-refractivity contribution in [2.45, 2.75) is 25.3 Å². The topological polar surface area (TPSA) is 27.6 Å². The summed E-state index contributed by atoms with van der Waals surface area (Å²) in [4.78, 5) is 6.87. The third-order valence-corrected chi connectivity index (χ3v) is 5.11. The van der Waals surface area contributed by atoms with E-state index in [4.69, 9.17) is 0 Å². The second-order valence-corrected chi connectivity index (χ2v) is 6.47. The number of rotatable bonds is 2. The van der Waals surface area contributed by atoms with Gasteiger partial charge in [0, 0.05) is 32.6 Å². The van der Waals surface area contributed by atoms with Crippen molar-refractivity contribution in [2.75, 3.05) is 20.1 Å². The Kier molecular flexibility index (Phi) is 5.43. The molecule has 0 saturated carbocycles. The lowest BCUT2D eigenvalue weighted by atomic mass is 9.78. The molecule has 0 saturated heterocycles. The minimum atomic E-state index is 0. The van der Waals surface area contributed by atoms with Gasteiger partial charge in [-0.25, -0.2) is 0 Å². The zero-order valence-corrected chi connectivity index (χ0v) is 16.4. The first-order valence-electron chi connectivity index (χ1n) is 8.45. The van der Waals surface area contributed by atoms with E-state index >= 15 is 0 Å². The Labute approximate surface area is 161 Å². The van der Waals surface area contributed by atoms with Gasteiger partial charge in [0.2, 0.25) is 0 Å². The van der Waals surface area contributed by atoms with Crippen molar-refractivity contribution in [3.8, 4) is 0 Å². The zero-order valence-electron chi connectivity index (χ0n) is 14.0. The van der Waals surface area contributed by atoms with Crippen LogP contribution in [0, 0.1) is 0 Å². The van der Waals surface area contributed by atoms with E-state index in [0.717, 1.165) is 32.0 Å². The summed E-state index contributed by atoms with van der Waals surface area (Å²) in [7, 11) is 1.89. The minimum Gasteiger partial charge on any atom is -0.356 e. The zero-order chi connectivity index (χ0) is 15.6. The van der Waals surface area contributed by atoms with Gasteiger partial charge in [0.1, 0.15) is 0 Å². The smallest absolute Gasteiger partial charge is 0.193 e. The monoisotopic (exact) mass is 433 g/mol. The average Bonchev–Trinajstić information content (AvgIpc) is 2.59. The molecule has 4 heteroatoms. The first-order valence-corrected chi connectivity index (χ1v) is 8.45. The molecule has 3 nitrogen and oxygen atoms in total. The number of nitrogens with zero attached hydrogens (tertiary/aromatic N) is 2. The Balaban J connectivity index is 0.00000169.